The molecule has 1 aromatic rings. The van der Waals surface area contributed by atoms with E-state index >= 15 is 0 Å². The number of likely N-dealkylation sites (tertiary alicyclic amines) is 1. The first-order chi connectivity index (χ1) is 14.3. The van der Waals surface area contributed by atoms with E-state index in [1.165, 1.54) is 18.5 Å². The Morgan fingerprint density at radius 1 is 1.21 bits per heavy atom. The van der Waals surface area contributed by atoms with E-state index in [-0.39, 0.29) is 0 Å². The van der Waals surface area contributed by atoms with E-state index in [4.69, 9.17) is 9.47 Å². The minimum absolute atomic E-state index is 0.310. The number of aliphatic imine (C=N–C) groups is 1. The third-order valence-corrected chi connectivity index (χ3v) is 5.90. The average Bonchev–Trinajstić information content (AvgIpc) is 2.79. The fourth-order valence-corrected chi connectivity index (χ4v) is 4.08. The first-order valence-electron chi connectivity index (χ1n) is 11.2. The second-order valence-electron chi connectivity index (χ2n) is 8.09. The Bertz CT molecular complexity index is 596. The van der Waals surface area contributed by atoms with Crippen molar-refractivity contribution in [1.82, 2.24) is 10.2 Å². The summed E-state index contributed by atoms with van der Waals surface area (Å²) in [6.07, 6.45) is 7.48. The van der Waals surface area contributed by atoms with Crippen molar-refractivity contribution in [3.8, 4) is 0 Å². The molecule has 1 atom stereocenters. The van der Waals surface area contributed by atoms with Crippen LogP contribution >= 0.6 is 0 Å². The Morgan fingerprint density at radius 3 is 2.69 bits per heavy atom. The second kappa shape index (κ2) is 12.0. The molecular formula is C23H38N4O2. The normalized spacial score (nSPS) is 21.2. The zero-order chi connectivity index (χ0) is 20.3. The summed E-state index contributed by atoms with van der Waals surface area (Å²) in [6, 6.07) is 10.5. The van der Waals surface area contributed by atoms with Crippen LogP contribution in [-0.4, -0.2) is 76.6 Å². The van der Waals surface area contributed by atoms with Gasteiger partial charge in [-0.15, -0.1) is 0 Å². The van der Waals surface area contributed by atoms with Crippen molar-refractivity contribution < 1.29 is 9.47 Å². The summed E-state index contributed by atoms with van der Waals surface area (Å²) in [7, 11) is 4.02. The number of para-hydroxylation sites is 1. The van der Waals surface area contributed by atoms with Gasteiger partial charge in [-0.05, 0) is 50.7 Å². The summed E-state index contributed by atoms with van der Waals surface area (Å²) in [5.41, 5.74) is 1.26. The summed E-state index contributed by atoms with van der Waals surface area (Å²) in [5, 5.41) is 3.53. The number of rotatable bonds is 8. The van der Waals surface area contributed by atoms with Gasteiger partial charge in [-0.2, -0.15) is 0 Å². The van der Waals surface area contributed by atoms with E-state index in [1.807, 2.05) is 7.05 Å². The highest BCUT2D eigenvalue weighted by Crippen LogP contribution is 2.18. The number of benzene rings is 1. The number of nitrogens with one attached hydrogen (secondary N) is 1. The van der Waals surface area contributed by atoms with E-state index in [9.17, 15) is 0 Å². The maximum absolute atomic E-state index is 6.13. The lowest BCUT2D eigenvalue weighted by Gasteiger charge is -2.35. The zero-order valence-electron chi connectivity index (χ0n) is 18.2. The maximum atomic E-state index is 6.13. The number of guanidine groups is 1. The van der Waals surface area contributed by atoms with Crippen LogP contribution in [0.2, 0.25) is 0 Å². The van der Waals surface area contributed by atoms with Crippen LogP contribution in [0.3, 0.4) is 0 Å². The van der Waals surface area contributed by atoms with Gasteiger partial charge in [0, 0.05) is 52.6 Å². The predicted molar refractivity (Wildman–Crippen MR) is 120 cm³/mol. The average molecular weight is 403 g/mol. The largest absolute Gasteiger partial charge is 0.376 e. The van der Waals surface area contributed by atoms with Gasteiger partial charge in [-0.25, -0.2) is 0 Å². The van der Waals surface area contributed by atoms with Crippen molar-refractivity contribution in [1.29, 1.82) is 0 Å². The predicted octanol–water partition coefficient (Wildman–Crippen LogP) is 3.14. The van der Waals surface area contributed by atoms with Crippen LogP contribution in [0, 0.1) is 0 Å². The third kappa shape index (κ3) is 7.19. The molecule has 0 aromatic heterocycles. The van der Waals surface area contributed by atoms with E-state index in [1.54, 1.807) is 0 Å². The molecule has 2 fully saturated rings. The molecule has 2 aliphatic rings. The Labute approximate surface area is 176 Å². The van der Waals surface area contributed by atoms with E-state index in [2.05, 4.69) is 57.5 Å². The number of piperidine rings is 1. The second-order valence-corrected chi connectivity index (χ2v) is 8.09. The van der Waals surface area contributed by atoms with Crippen molar-refractivity contribution in [2.75, 3.05) is 58.4 Å². The molecule has 2 aliphatic heterocycles. The van der Waals surface area contributed by atoms with Crippen molar-refractivity contribution in [2.45, 2.75) is 50.7 Å². The Morgan fingerprint density at radius 2 is 2.00 bits per heavy atom. The van der Waals surface area contributed by atoms with E-state index in [0.717, 1.165) is 71.0 Å². The first kappa shape index (κ1) is 21.9. The van der Waals surface area contributed by atoms with Gasteiger partial charge in [0.1, 0.15) is 0 Å². The molecule has 1 unspecified atom stereocenters. The zero-order valence-corrected chi connectivity index (χ0v) is 18.2. The number of anilines is 1. The molecule has 162 valence electrons. The maximum Gasteiger partial charge on any atom is 0.193 e. The molecule has 0 saturated carbocycles. The van der Waals surface area contributed by atoms with Crippen LogP contribution in [0.25, 0.3) is 0 Å². The SMILES string of the molecule is CN=C(NCCCN(C)c1ccccc1)N1CCC(OCC2CCCCO2)CC1. The molecule has 6 nitrogen and oxygen atoms in total. The van der Waals surface area contributed by atoms with Gasteiger partial charge < -0.3 is 24.6 Å². The molecule has 2 saturated heterocycles. The molecule has 0 aliphatic carbocycles. The summed E-state index contributed by atoms with van der Waals surface area (Å²) in [5.74, 6) is 1.02. The number of hydrogen-bond donors (Lipinski definition) is 1. The molecule has 3 rings (SSSR count). The van der Waals surface area contributed by atoms with Gasteiger partial charge in [0.05, 0.1) is 18.8 Å². The molecule has 1 N–H and O–H groups in total. The van der Waals surface area contributed by atoms with Crippen LogP contribution in [0.5, 0.6) is 0 Å². The van der Waals surface area contributed by atoms with Gasteiger partial charge in [0.25, 0.3) is 0 Å². The Balaban J connectivity index is 1.30. The molecule has 0 radical (unpaired) electrons. The quantitative estimate of drug-likeness (QED) is 0.411. The highest BCUT2D eigenvalue weighted by molar-refractivity contribution is 5.79. The van der Waals surface area contributed by atoms with Crippen molar-refractivity contribution in [3.05, 3.63) is 30.3 Å². The first-order valence-corrected chi connectivity index (χ1v) is 11.2. The van der Waals surface area contributed by atoms with E-state index < -0.39 is 0 Å². The van der Waals surface area contributed by atoms with Crippen LogP contribution in [0.4, 0.5) is 5.69 Å². The van der Waals surface area contributed by atoms with Gasteiger partial charge in [0.15, 0.2) is 5.96 Å². The number of nitrogens with zero attached hydrogens (tertiary/aromatic N) is 3. The smallest absolute Gasteiger partial charge is 0.193 e. The summed E-state index contributed by atoms with van der Waals surface area (Å²) < 4.78 is 11.9. The lowest BCUT2D eigenvalue weighted by Crippen LogP contribution is -2.47. The molecule has 0 spiro atoms. The molecule has 0 amide bonds. The lowest BCUT2D eigenvalue weighted by atomic mass is 10.1. The summed E-state index contributed by atoms with van der Waals surface area (Å²) in [6.45, 7) is 5.61. The third-order valence-electron chi connectivity index (χ3n) is 5.90. The molecule has 29 heavy (non-hydrogen) atoms. The monoisotopic (exact) mass is 402 g/mol. The molecule has 2 heterocycles. The summed E-state index contributed by atoms with van der Waals surface area (Å²) >= 11 is 0. The molecule has 1 aromatic carbocycles. The topological polar surface area (TPSA) is 49.3 Å². The van der Waals surface area contributed by atoms with Gasteiger partial charge in [-0.1, -0.05) is 18.2 Å². The van der Waals surface area contributed by atoms with Crippen LogP contribution in [0.1, 0.15) is 38.5 Å². The van der Waals surface area contributed by atoms with Crippen molar-refractivity contribution in [2.24, 2.45) is 4.99 Å². The molecular weight excluding hydrogens is 364 g/mol. The van der Waals surface area contributed by atoms with Crippen molar-refractivity contribution >= 4 is 11.6 Å². The lowest BCUT2D eigenvalue weighted by molar-refractivity contribution is -0.0721. The van der Waals surface area contributed by atoms with Gasteiger partial charge in [0.2, 0.25) is 0 Å². The highest BCUT2D eigenvalue weighted by Gasteiger charge is 2.23. The minimum Gasteiger partial charge on any atom is -0.376 e. The van der Waals surface area contributed by atoms with Gasteiger partial charge >= 0.3 is 0 Å². The fraction of sp³-hybridized carbons (Fsp3) is 0.696. The van der Waals surface area contributed by atoms with Crippen LogP contribution in [-0.2, 0) is 9.47 Å². The molecule has 6 heteroatoms. The fourth-order valence-electron chi connectivity index (χ4n) is 4.08. The highest BCUT2D eigenvalue weighted by atomic mass is 16.5. The van der Waals surface area contributed by atoms with Crippen LogP contribution < -0.4 is 10.2 Å². The Kier molecular flexibility index (Phi) is 9.09. The number of ether oxygens (including phenoxy) is 2. The molecule has 0 bridgehead atoms. The van der Waals surface area contributed by atoms with Gasteiger partial charge in [-0.3, -0.25) is 4.99 Å². The summed E-state index contributed by atoms with van der Waals surface area (Å²) in [4.78, 5) is 9.14. The number of hydrogen-bond acceptors (Lipinski definition) is 4. The standard InChI is InChI=1S/C23H38N4O2/c1-24-23(25-14-8-15-26(2)20-9-4-3-5-10-20)27-16-12-21(13-17-27)29-19-22-11-6-7-18-28-22/h3-5,9-10,21-22H,6-8,11-19H2,1-2H3,(H,24,25). The van der Waals surface area contributed by atoms with Crippen molar-refractivity contribution in [3.63, 3.8) is 0 Å². The van der Waals surface area contributed by atoms with E-state index in [0.29, 0.717) is 12.2 Å². The Hall–Kier alpha value is -1.79. The van der Waals surface area contributed by atoms with Crippen LogP contribution in [0.15, 0.2) is 35.3 Å². The minimum atomic E-state index is 0.310.